The maximum absolute atomic E-state index is 11.5. The van der Waals surface area contributed by atoms with E-state index in [1.54, 1.807) is 19.5 Å². The molecule has 0 spiro atoms. The van der Waals surface area contributed by atoms with E-state index in [0.29, 0.717) is 5.15 Å². The number of halogens is 1. The zero-order valence-corrected chi connectivity index (χ0v) is 19.6. The molecule has 2 aliphatic rings. The Morgan fingerprint density at radius 2 is 1.88 bits per heavy atom. The normalized spacial score (nSPS) is 20.3. The Labute approximate surface area is 195 Å². The van der Waals surface area contributed by atoms with Crippen molar-refractivity contribution >= 4 is 17.2 Å². The standard InChI is InChI=1S/C25H33ClN4O2/c1-32-22-7-5-6-20(16-22)23(25(31)9-3-2-4-10-25)8-11-29-12-14-30(15-13-29)19-21-17-27-18-24(26)28-21/h5-8,16-18,31H,2-4,9-15,19H2,1H3/b23-8+. The number of ether oxygens (including phenoxy) is 1. The molecule has 0 bridgehead atoms. The third-order valence-corrected chi connectivity index (χ3v) is 6.80. The Balaban J connectivity index is 1.42. The summed E-state index contributed by atoms with van der Waals surface area (Å²) >= 11 is 5.97. The molecule has 32 heavy (non-hydrogen) atoms. The molecule has 2 fully saturated rings. The third kappa shape index (κ3) is 5.87. The average molecular weight is 457 g/mol. The second-order valence-electron chi connectivity index (χ2n) is 8.85. The first-order chi connectivity index (χ1) is 15.6. The molecule has 0 amide bonds. The first-order valence-electron chi connectivity index (χ1n) is 11.5. The number of aromatic nitrogens is 2. The van der Waals surface area contributed by atoms with Crippen LogP contribution in [0.5, 0.6) is 5.75 Å². The molecule has 0 unspecified atom stereocenters. The molecule has 7 heteroatoms. The van der Waals surface area contributed by atoms with E-state index < -0.39 is 5.60 Å². The largest absolute Gasteiger partial charge is 0.497 e. The van der Waals surface area contributed by atoms with Gasteiger partial charge in [-0.15, -0.1) is 0 Å². The molecule has 172 valence electrons. The van der Waals surface area contributed by atoms with E-state index in [1.165, 1.54) is 6.42 Å². The minimum absolute atomic E-state index is 0.442. The molecule has 2 aromatic rings. The van der Waals surface area contributed by atoms with Gasteiger partial charge in [-0.2, -0.15) is 0 Å². The van der Waals surface area contributed by atoms with E-state index >= 15 is 0 Å². The van der Waals surface area contributed by atoms with Gasteiger partial charge in [0.25, 0.3) is 0 Å². The predicted molar refractivity (Wildman–Crippen MR) is 128 cm³/mol. The highest BCUT2D eigenvalue weighted by Gasteiger charge is 2.34. The number of rotatable bonds is 7. The molecular weight excluding hydrogens is 424 g/mol. The van der Waals surface area contributed by atoms with Crippen LogP contribution in [0.2, 0.25) is 5.15 Å². The minimum atomic E-state index is -0.752. The van der Waals surface area contributed by atoms with Gasteiger partial charge in [-0.3, -0.25) is 14.8 Å². The predicted octanol–water partition coefficient (Wildman–Crippen LogP) is 4.04. The van der Waals surface area contributed by atoms with Gasteiger partial charge in [-0.05, 0) is 36.1 Å². The Kier molecular flexibility index (Phi) is 7.79. The molecular formula is C25H33ClN4O2. The summed E-state index contributed by atoms with van der Waals surface area (Å²) < 4.78 is 5.45. The Morgan fingerprint density at radius 3 is 2.59 bits per heavy atom. The summed E-state index contributed by atoms with van der Waals surface area (Å²) in [6.07, 6.45) is 10.6. The van der Waals surface area contributed by atoms with Crippen LogP contribution in [-0.2, 0) is 6.54 Å². The van der Waals surface area contributed by atoms with Gasteiger partial charge in [0, 0.05) is 45.5 Å². The smallest absolute Gasteiger partial charge is 0.147 e. The lowest BCUT2D eigenvalue weighted by Gasteiger charge is -2.37. The molecule has 1 aromatic carbocycles. The number of aliphatic hydroxyl groups is 1. The van der Waals surface area contributed by atoms with Crippen LogP contribution in [0, 0.1) is 0 Å². The summed E-state index contributed by atoms with van der Waals surface area (Å²) in [5.41, 5.74) is 2.27. The minimum Gasteiger partial charge on any atom is -0.497 e. The molecule has 1 aliphatic carbocycles. The summed E-state index contributed by atoms with van der Waals surface area (Å²) in [5, 5.41) is 12.0. The molecule has 2 heterocycles. The molecule has 0 radical (unpaired) electrons. The topological polar surface area (TPSA) is 61.7 Å². The third-order valence-electron chi connectivity index (χ3n) is 6.62. The molecule has 1 aliphatic heterocycles. The zero-order valence-electron chi connectivity index (χ0n) is 18.8. The van der Waals surface area contributed by atoms with Crippen molar-refractivity contribution in [2.45, 2.75) is 44.2 Å². The van der Waals surface area contributed by atoms with Gasteiger partial charge in [0.2, 0.25) is 0 Å². The van der Waals surface area contributed by atoms with Crippen molar-refractivity contribution in [2.75, 3.05) is 39.8 Å². The number of piperazine rings is 1. The van der Waals surface area contributed by atoms with Crippen molar-refractivity contribution < 1.29 is 9.84 Å². The van der Waals surface area contributed by atoms with Crippen molar-refractivity contribution in [3.63, 3.8) is 0 Å². The molecule has 1 saturated carbocycles. The molecule has 1 N–H and O–H groups in total. The number of hydrogen-bond acceptors (Lipinski definition) is 6. The Hall–Kier alpha value is -1.99. The zero-order chi connectivity index (χ0) is 22.4. The van der Waals surface area contributed by atoms with Crippen LogP contribution in [0.1, 0.15) is 43.4 Å². The lowest BCUT2D eigenvalue weighted by atomic mass is 9.76. The average Bonchev–Trinajstić information content (AvgIpc) is 2.81. The van der Waals surface area contributed by atoms with Crippen LogP contribution < -0.4 is 4.74 Å². The number of benzene rings is 1. The van der Waals surface area contributed by atoms with Gasteiger partial charge in [-0.1, -0.05) is 49.1 Å². The molecule has 4 rings (SSSR count). The maximum Gasteiger partial charge on any atom is 0.147 e. The molecule has 1 aromatic heterocycles. The van der Waals surface area contributed by atoms with Gasteiger partial charge >= 0.3 is 0 Å². The van der Waals surface area contributed by atoms with Gasteiger partial charge < -0.3 is 9.84 Å². The van der Waals surface area contributed by atoms with E-state index in [-0.39, 0.29) is 0 Å². The van der Waals surface area contributed by atoms with Crippen molar-refractivity contribution in [3.05, 3.63) is 59.1 Å². The quantitative estimate of drug-likeness (QED) is 0.678. The van der Waals surface area contributed by atoms with Crippen LogP contribution in [0.15, 0.2) is 42.7 Å². The van der Waals surface area contributed by atoms with E-state index in [1.807, 2.05) is 18.2 Å². The van der Waals surface area contributed by atoms with E-state index in [9.17, 15) is 5.11 Å². The molecule has 6 nitrogen and oxygen atoms in total. The first-order valence-corrected chi connectivity index (χ1v) is 11.9. The van der Waals surface area contributed by atoms with Crippen LogP contribution in [0.25, 0.3) is 5.57 Å². The lowest BCUT2D eigenvalue weighted by Crippen LogP contribution is -2.46. The second kappa shape index (κ2) is 10.8. The fourth-order valence-electron chi connectivity index (χ4n) is 4.81. The van der Waals surface area contributed by atoms with Crippen LogP contribution in [-0.4, -0.2) is 70.3 Å². The fourth-order valence-corrected chi connectivity index (χ4v) is 4.97. The van der Waals surface area contributed by atoms with Gasteiger partial charge in [-0.25, -0.2) is 4.98 Å². The SMILES string of the molecule is COc1cccc(/C(=C\CN2CCN(Cc3cncc(Cl)n3)CC2)C2(O)CCCCC2)c1. The fraction of sp³-hybridized carbons (Fsp3) is 0.520. The van der Waals surface area contributed by atoms with Gasteiger partial charge in [0.15, 0.2) is 0 Å². The van der Waals surface area contributed by atoms with Crippen LogP contribution in [0.3, 0.4) is 0 Å². The lowest BCUT2D eigenvalue weighted by molar-refractivity contribution is 0.0608. The molecule has 1 saturated heterocycles. The summed E-state index contributed by atoms with van der Waals surface area (Å²) in [6.45, 7) is 5.51. The van der Waals surface area contributed by atoms with E-state index in [4.69, 9.17) is 16.3 Å². The van der Waals surface area contributed by atoms with Crippen molar-refractivity contribution in [1.29, 1.82) is 0 Å². The first kappa shape index (κ1) is 23.2. The summed E-state index contributed by atoms with van der Waals surface area (Å²) in [6, 6.07) is 8.09. The van der Waals surface area contributed by atoms with Crippen LogP contribution >= 0.6 is 11.6 Å². The van der Waals surface area contributed by atoms with Crippen molar-refractivity contribution in [1.82, 2.24) is 19.8 Å². The highest BCUT2D eigenvalue weighted by atomic mass is 35.5. The van der Waals surface area contributed by atoms with E-state index in [0.717, 1.165) is 87.5 Å². The highest BCUT2D eigenvalue weighted by Crippen LogP contribution is 2.40. The van der Waals surface area contributed by atoms with Crippen molar-refractivity contribution in [2.24, 2.45) is 0 Å². The molecule has 0 atom stereocenters. The van der Waals surface area contributed by atoms with Crippen molar-refractivity contribution in [3.8, 4) is 5.75 Å². The van der Waals surface area contributed by atoms with Gasteiger partial charge in [0.05, 0.1) is 24.6 Å². The maximum atomic E-state index is 11.5. The number of methoxy groups -OCH3 is 1. The summed E-state index contributed by atoms with van der Waals surface area (Å²) in [4.78, 5) is 13.3. The van der Waals surface area contributed by atoms with Crippen LogP contribution in [0.4, 0.5) is 0 Å². The number of hydrogen-bond donors (Lipinski definition) is 1. The van der Waals surface area contributed by atoms with Gasteiger partial charge in [0.1, 0.15) is 10.9 Å². The monoisotopic (exact) mass is 456 g/mol. The Bertz CT molecular complexity index is 922. The summed E-state index contributed by atoms with van der Waals surface area (Å²) in [5.74, 6) is 0.825. The number of nitrogens with zero attached hydrogens (tertiary/aromatic N) is 4. The van der Waals surface area contributed by atoms with E-state index in [2.05, 4.69) is 31.9 Å². The highest BCUT2D eigenvalue weighted by molar-refractivity contribution is 6.29. The summed E-state index contributed by atoms with van der Waals surface area (Å²) in [7, 11) is 1.69. The Morgan fingerprint density at radius 1 is 1.12 bits per heavy atom. The second-order valence-corrected chi connectivity index (χ2v) is 9.24.